The standard InChI is InChI=1S/C18H15F3O3/c19-18(20,21)15-8-4-7-13(11-15)9-10-16(22)17(23)24-12-14-5-2-1-3-6-14/h1-8,11H,9-10,12H2. The Morgan fingerprint density at radius 1 is 0.917 bits per heavy atom. The predicted octanol–water partition coefficient (Wildman–Crippen LogP) is 3.95. The van der Waals surface area contributed by atoms with E-state index in [1.165, 1.54) is 12.1 Å². The SMILES string of the molecule is O=C(CCc1cccc(C(F)(F)F)c1)C(=O)OCc1ccccc1. The van der Waals surface area contributed by atoms with Crippen LogP contribution in [0.2, 0.25) is 0 Å². The Balaban J connectivity index is 1.85. The third kappa shape index (κ3) is 5.22. The number of hydrogen-bond acceptors (Lipinski definition) is 3. The van der Waals surface area contributed by atoms with Gasteiger partial charge in [0.05, 0.1) is 5.56 Å². The number of hydrogen-bond donors (Lipinski definition) is 0. The number of carbonyl (C=O) groups excluding carboxylic acids is 2. The molecule has 0 fully saturated rings. The van der Waals surface area contributed by atoms with Gasteiger partial charge in [0.15, 0.2) is 0 Å². The summed E-state index contributed by atoms with van der Waals surface area (Å²) < 4.78 is 42.7. The van der Waals surface area contributed by atoms with Crippen LogP contribution in [0.5, 0.6) is 0 Å². The van der Waals surface area contributed by atoms with Gasteiger partial charge in [-0.05, 0) is 23.6 Å². The van der Waals surface area contributed by atoms with Gasteiger partial charge < -0.3 is 4.74 Å². The zero-order valence-corrected chi connectivity index (χ0v) is 12.7. The number of halogens is 3. The van der Waals surface area contributed by atoms with E-state index >= 15 is 0 Å². The van der Waals surface area contributed by atoms with Crippen molar-refractivity contribution in [1.82, 2.24) is 0 Å². The normalized spacial score (nSPS) is 11.1. The lowest BCUT2D eigenvalue weighted by Gasteiger charge is -2.08. The largest absolute Gasteiger partial charge is 0.455 e. The minimum atomic E-state index is -4.44. The molecule has 0 aromatic heterocycles. The van der Waals surface area contributed by atoms with E-state index in [9.17, 15) is 22.8 Å². The molecule has 0 aliphatic carbocycles. The van der Waals surface area contributed by atoms with Gasteiger partial charge in [0.2, 0.25) is 5.78 Å². The van der Waals surface area contributed by atoms with E-state index in [0.717, 1.165) is 17.7 Å². The van der Waals surface area contributed by atoms with Crippen LogP contribution in [-0.2, 0) is 33.5 Å². The number of ether oxygens (including phenoxy) is 1. The van der Waals surface area contributed by atoms with Crippen LogP contribution < -0.4 is 0 Å². The summed E-state index contributed by atoms with van der Waals surface area (Å²) in [7, 11) is 0. The van der Waals surface area contributed by atoms with Crippen LogP contribution >= 0.6 is 0 Å². The third-order valence-corrected chi connectivity index (χ3v) is 3.34. The Labute approximate surface area is 137 Å². The average molecular weight is 336 g/mol. The number of carbonyl (C=O) groups is 2. The Morgan fingerprint density at radius 2 is 1.58 bits per heavy atom. The lowest BCUT2D eigenvalue weighted by molar-refractivity contribution is -0.154. The van der Waals surface area contributed by atoms with Crippen molar-refractivity contribution in [1.29, 1.82) is 0 Å². The van der Waals surface area contributed by atoms with Crippen molar-refractivity contribution in [2.45, 2.75) is 25.6 Å². The van der Waals surface area contributed by atoms with Gasteiger partial charge in [0, 0.05) is 6.42 Å². The number of alkyl halides is 3. The zero-order valence-electron chi connectivity index (χ0n) is 12.7. The molecular weight excluding hydrogens is 321 g/mol. The number of aryl methyl sites for hydroxylation is 1. The summed E-state index contributed by atoms with van der Waals surface area (Å²) >= 11 is 0. The Bertz CT molecular complexity index is 709. The molecule has 0 bridgehead atoms. The van der Waals surface area contributed by atoms with Gasteiger partial charge in [-0.15, -0.1) is 0 Å². The third-order valence-electron chi connectivity index (χ3n) is 3.34. The average Bonchev–Trinajstić information content (AvgIpc) is 2.58. The summed E-state index contributed by atoms with van der Waals surface area (Å²) in [4.78, 5) is 23.3. The molecule has 3 nitrogen and oxygen atoms in total. The lowest BCUT2D eigenvalue weighted by Crippen LogP contribution is -2.18. The Morgan fingerprint density at radius 3 is 2.25 bits per heavy atom. The van der Waals surface area contributed by atoms with Crippen LogP contribution in [0.1, 0.15) is 23.1 Å². The number of benzene rings is 2. The fraction of sp³-hybridized carbons (Fsp3) is 0.222. The van der Waals surface area contributed by atoms with Crippen molar-refractivity contribution in [3.05, 3.63) is 71.3 Å². The van der Waals surface area contributed by atoms with Gasteiger partial charge >= 0.3 is 12.1 Å². The molecule has 6 heteroatoms. The highest BCUT2D eigenvalue weighted by Crippen LogP contribution is 2.29. The highest BCUT2D eigenvalue weighted by molar-refractivity contribution is 6.33. The minimum absolute atomic E-state index is 0.0189. The van der Waals surface area contributed by atoms with Crippen LogP contribution in [-0.4, -0.2) is 11.8 Å². The molecule has 0 heterocycles. The van der Waals surface area contributed by atoms with Crippen molar-refractivity contribution < 1.29 is 27.5 Å². The van der Waals surface area contributed by atoms with E-state index in [2.05, 4.69) is 0 Å². The second-order valence-corrected chi connectivity index (χ2v) is 5.18. The Hall–Kier alpha value is -2.63. The first-order chi connectivity index (χ1) is 11.4. The first-order valence-electron chi connectivity index (χ1n) is 7.26. The monoisotopic (exact) mass is 336 g/mol. The molecule has 0 saturated carbocycles. The van der Waals surface area contributed by atoms with Crippen LogP contribution in [0.4, 0.5) is 13.2 Å². The van der Waals surface area contributed by atoms with Crippen LogP contribution in [0.15, 0.2) is 54.6 Å². The van der Waals surface area contributed by atoms with Crippen LogP contribution in [0, 0.1) is 0 Å². The van der Waals surface area contributed by atoms with Gasteiger partial charge in [-0.2, -0.15) is 13.2 Å². The summed E-state index contributed by atoms with van der Waals surface area (Å²) in [5.41, 5.74) is 0.310. The summed E-state index contributed by atoms with van der Waals surface area (Å²) in [6, 6.07) is 13.6. The maximum absolute atomic E-state index is 12.6. The summed E-state index contributed by atoms with van der Waals surface area (Å²) in [6.45, 7) is -0.0189. The molecule has 2 aromatic carbocycles. The van der Waals surface area contributed by atoms with Gasteiger partial charge in [0.1, 0.15) is 6.61 Å². The molecule has 24 heavy (non-hydrogen) atoms. The molecule has 0 saturated heterocycles. The van der Waals surface area contributed by atoms with Crippen molar-refractivity contribution in [2.75, 3.05) is 0 Å². The van der Waals surface area contributed by atoms with Crippen molar-refractivity contribution in [3.63, 3.8) is 0 Å². The maximum Gasteiger partial charge on any atom is 0.416 e. The van der Waals surface area contributed by atoms with Gasteiger partial charge in [0.25, 0.3) is 0 Å². The number of esters is 1. The fourth-order valence-electron chi connectivity index (χ4n) is 2.07. The molecule has 0 spiro atoms. The highest BCUT2D eigenvalue weighted by Gasteiger charge is 2.30. The molecule has 126 valence electrons. The molecule has 0 aliphatic heterocycles. The molecule has 0 aliphatic rings. The topological polar surface area (TPSA) is 43.4 Å². The number of ketones is 1. The van der Waals surface area contributed by atoms with Gasteiger partial charge in [-0.1, -0.05) is 48.5 Å². The van der Waals surface area contributed by atoms with E-state index < -0.39 is 23.5 Å². The van der Waals surface area contributed by atoms with Crippen molar-refractivity contribution in [3.8, 4) is 0 Å². The minimum Gasteiger partial charge on any atom is -0.455 e. The smallest absolute Gasteiger partial charge is 0.416 e. The fourth-order valence-corrected chi connectivity index (χ4v) is 2.07. The molecule has 2 aromatic rings. The van der Waals surface area contributed by atoms with E-state index in [0.29, 0.717) is 5.56 Å². The second-order valence-electron chi connectivity index (χ2n) is 5.18. The van der Waals surface area contributed by atoms with E-state index in [1.807, 2.05) is 6.07 Å². The molecular formula is C18H15F3O3. The van der Waals surface area contributed by atoms with E-state index in [1.54, 1.807) is 24.3 Å². The molecule has 0 radical (unpaired) electrons. The molecule has 0 N–H and O–H groups in total. The van der Waals surface area contributed by atoms with Crippen LogP contribution in [0.25, 0.3) is 0 Å². The first kappa shape index (κ1) is 17.7. The zero-order chi connectivity index (χ0) is 17.6. The molecule has 2 rings (SSSR count). The van der Waals surface area contributed by atoms with Gasteiger partial charge in [-0.25, -0.2) is 4.79 Å². The van der Waals surface area contributed by atoms with Crippen LogP contribution in [0.3, 0.4) is 0 Å². The van der Waals surface area contributed by atoms with E-state index in [4.69, 9.17) is 4.74 Å². The predicted molar refractivity (Wildman–Crippen MR) is 81.0 cm³/mol. The summed E-state index contributed by atoms with van der Waals surface area (Å²) in [6.07, 6.45) is -4.59. The molecule has 0 unspecified atom stereocenters. The van der Waals surface area contributed by atoms with Crippen molar-refractivity contribution >= 4 is 11.8 Å². The molecule has 0 amide bonds. The number of Topliss-reactive ketones (excluding diaryl/α,β-unsaturated/α-hetero) is 1. The summed E-state index contributed by atoms with van der Waals surface area (Å²) in [5.74, 6) is -1.74. The number of rotatable bonds is 6. The Kier molecular flexibility index (Phi) is 5.73. The highest BCUT2D eigenvalue weighted by atomic mass is 19.4. The molecule has 0 atom stereocenters. The summed E-state index contributed by atoms with van der Waals surface area (Å²) in [5, 5.41) is 0. The quantitative estimate of drug-likeness (QED) is 0.593. The van der Waals surface area contributed by atoms with E-state index in [-0.39, 0.29) is 19.4 Å². The first-order valence-corrected chi connectivity index (χ1v) is 7.26. The maximum atomic E-state index is 12.6. The lowest BCUT2D eigenvalue weighted by atomic mass is 10.0. The van der Waals surface area contributed by atoms with Gasteiger partial charge in [-0.3, -0.25) is 4.79 Å². The van der Waals surface area contributed by atoms with Crippen molar-refractivity contribution in [2.24, 2.45) is 0 Å². The second kappa shape index (κ2) is 7.77.